The Labute approximate surface area is 238 Å². The molecule has 0 aliphatic carbocycles. The molecule has 3 aromatic carbocycles. The van der Waals surface area contributed by atoms with Crippen LogP contribution in [0.4, 0.5) is 4.39 Å². The lowest BCUT2D eigenvalue weighted by Crippen LogP contribution is -2.39. The number of ether oxygens (including phenoxy) is 2. The first-order chi connectivity index (χ1) is 19.9. The fourth-order valence-corrected chi connectivity index (χ4v) is 6.21. The Morgan fingerprint density at radius 3 is 2.59 bits per heavy atom. The number of rotatable bonds is 6. The van der Waals surface area contributed by atoms with Crippen molar-refractivity contribution in [3.8, 4) is 17.0 Å². The molecule has 0 fully saturated rings. The molecule has 0 radical (unpaired) electrons. The number of methoxy groups -OCH3 is 1. The fraction of sp³-hybridized carbons (Fsp3) is 0.156. The average molecular weight is 568 g/mol. The molecule has 0 unspecified atom stereocenters. The van der Waals surface area contributed by atoms with Crippen molar-refractivity contribution in [3.05, 3.63) is 121 Å². The first-order valence-electron chi connectivity index (χ1n) is 13.1. The predicted molar refractivity (Wildman–Crippen MR) is 157 cm³/mol. The number of nitrogens with one attached hydrogen (secondary N) is 1. The van der Waals surface area contributed by atoms with Gasteiger partial charge in [0.15, 0.2) is 4.80 Å². The van der Waals surface area contributed by atoms with Gasteiger partial charge in [0.2, 0.25) is 0 Å². The Bertz CT molecular complexity index is 2000. The van der Waals surface area contributed by atoms with Crippen LogP contribution < -0.4 is 19.6 Å². The van der Waals surface area contributed by atoms with Gasteiger partial charge in [0, 0.05) is 16.5 Å². The van der Waals surface area contributed by atoms with Crippen molar-refractivity contribution in [3.63, 3.8) is 0 Å². The molecule has 0 saturated heterocycles. The number of hydrogen-bond acceptors (Lipinski definition) is 6. The van der Waals surface area contributed by atoms with Crippen molar-refractivity contribution in [2.45, 2.75) is 19.9 Å². The van der Waals surface area contributed by atoms with E-state index in [1.807, 2.05) is 54.6 Å². The van der Waals surface area contributed by atoms with Gasteiger partial charge in [-0.3, -0.25) is 9.36 Å². The molecule has 6 rings (SSSR count). The number of esters is 1. The standard InChI is InChI=1S/C32H26FN3O4S/c1-4-40-31(38)27-18(2)34-32-36(29(27)20-10-12-21(33)13-11-20)30(37)26(41-32)17-24-23-16-22(39-3)14-15-25(23)35-28(24)19-8-6-5-7-9-19/h5-17,29,35H,4H2,1-3H3/b26-17-/t29-/m1/s1. The van der Waals surface area contributed by atoms with E-state index in [1.54, 1.807) is 33.1 Å². The zero-order valence-electron chi connectivity index (χ0n) is 22.6. The Hall–Kier alpha value is -4.76. The van der Waals surface area contributed by atoms with Crippen LogP contribution in [0.5, 0.6) is 5.75 Å². The summed E-state index contributed by atoms with van der Waals surface area (Å²) in [4.78, 5) is 35.8. The zero-order valence-corrected chi connectivity index (χ0v) is 23.4. The highest BCUT2D eigenvalue weighted by Gasteiger charge is 2.33. The zero-order chi connectivity index (χ0) is 28.7. The van der Waals surface area contributed by atoms with Crippen LogP contribution in [0.2, 0.25) is 0 Å². The Kier molecular flexibility index (Phi) is 6.88. The van der Waals surface area contributed by atoms with Crippen LogP contribution in [0.3, 0.4) is 0 Å². The molecule has 0 amide bonds. The van der Waals surface area contributed by atoms with Crippen LogP contribution in [0, 0.1) is 5.82 Å². The molecule has 2 aromatic heterocycles. The molecule has 1 N–H and O–H groups in total. The SMILES string of the molecule is CCOC(=O)C1=C(C)N=c2s/c(=C\c3c(-c4ccccc4)[nH]c4ccc(OC)cc34)c(=O)n2[C@@H]1c1ccc(F)cc1. The van der Waals surface area contributed by atoms with Gasteiger partial charge in [-0.25, -0.2) is 14.2 Å². The smallest absolute Gasteiger partial charge is 0.338 e. The van der Waals surface area contributed by atoms with Gasteiger partial charge in [-0.15, -0.1) is 0 Å². The molecule has 1 aliphatic rings. The summed E-state index contributed by atoms with van der Waals surface area (Å²) in [6.07, 6.45) is 1.86. The Balaban J connectivity index is 1.62. The van der Waals surface area contributed by atoms with Gasteiger partial charge in [0.1, 0.15) is 11.6 Å². The number of H-pyrrole nitrogens is 1. The first-order valence-corrected chi connectivity index (χ1v) is 13.9. The van der Waals surface area contributed by atoms with E-state index in [0.717, 1.165) is 27.7 Å². The summed E-state index contributed by atoms with van der Waals surface area (Å²) in [5, 5.41) is 0.896. The van der Waals surface area contributed by atoms with Crippen LogP contribution >= 0.6 is 11.3 Å². The van der Waals surface area contributed by atoms with Gasteiger partial charge in [0.25, 0.3) is 5.56 Å². The summed E-state index contributed by atoms with van der Waals surface area (Å²) < 4.78 is 26.6. The summed E-state index contributed by atoms with van der Waals surface area (Å²) in [7, 11) is 1.61. The molecule has 0 spiro atoms. The average Bonchev–Trinajstić information content (AvgIpc) is 3.49. The van der Waals surface area contributed by atoms with Gasteiger partial charge in [0.05, 0.1) is 41.3 Å². The van der Waals surface area contributed by atoms with E-state index in [1.165, 1.54) is 28.0 Å². The number of allylic oxidation sites excluding steroid dienone is 1. The lowest BCUT2D eigenvalue weighted by molar-refractivity contribution is -0.139. The maximum atomic E-state index is 14.1. The Morgan fingerprint density at radius 2 is 1.88 bits per heavy atom. The molecular formula is C32H26FN3O4S. The molecule has 7 nitrogen and oxygen atoms in total. The quantitative estimate of drug-likeness (QED) is 0.290. The van der Waals surface area contributed by atoms with Crippen molar-refractivity contribution >= 4 is 34.3 Å². The monoisotopic (exact) mass is 567 g/mol. The summed E-state index contributed by atoms with van der Waals surface area (Å²) >= 11 is 1.24. The van der Waals surface area contributed by atoms with Crippen molar-refractivity contribution < 1.29 is 18.7 Å². The van der Waals surface area contributed by atoms with Gasteiger partial charge in [-0.05, 0) is 61.4 Å². The molecule has 206 valence electrons. The van der Waals surface area contributed by atoms with E-state index in [2.05, 4.69) is 9.98 Å². The van der Waals surface area contributed by atoms with E-state index >= 15 is 0 Å². The minimum absolute atomic E-state index is 0.169. The topological polar surface area (TPSA) is 85.7 Å². The van der Waals surface area contributed by atoms with Gasteiger partial charge in [-0.1, -0.05) is 53.8 Å². The lowest BCUT2D eigenvalue weighted by Gasteiger charge is -2.24. The first kappa shape index (κ1) is 26.5. The number of benzene rings is 3. The molecule has 0 bridgehead atoms. The minimum atomic E-state index is -0.815. The van der Waals surface area contributed by atoms with E-state index in [-0.39, 0.29) is 17.7 Å². The predicted octanol–water partition coefficient (Wildman–Crippen LogP) is 5.09. The molecule has 5 aromatic rings. The van der Waals surface area contributed by atoms with E-state index in [4.69, 9.17) is 9.47 Å². The number of carbonyl (C=O) groups excluding carboxylic acids is 1. The number of fused-ring (bicyclic) bond motifs is 2. The highest BCUT2D eigenvalue weighted by atomic mass is 32.1. The highest BCUT2D eigenvalue weighted by Crippen LogP contribution is 2.34. The molecule has 1 atom stereocenters. The van der Waals surface area contributed by atoms with Gasteiger partial charge >= 0.3 is 5.97 Å². The molecule has 1 aliphatic heterocycles. The fourth-order valence-electron chi connectivity index (χ4n) is 5.18. The van der Waals surface area contributed by atoms with Crippen LogP contribution in [-0.2, 0) is 9.53 Å². The van der Waals surface area contributed by atoms with Crippen LogP contribution in [0.15, 0.2) is 93.9 Å². The normalized spacial score (nSPS) is 15.1. The minimum Gasteiger partial charge on any atom is -0.497 e. The van der Waals surface area contributed by atoms with Crippen molar-refractivity contribution in [1.29, 1.82) is 0 Å². The maximum Gasteiger partial charge on any atom is 0.338 e. The summed E-state index contributed by atoms with van der Waals surface area (Å²) in [5.74, 6) is -0.284. The Morgan fingerprint density at radius 1 is 1.12 bits per heavy atom. The lowest BCUT2D eigenvalue weighted by atomic mass is 9.96. The summed E-state index contributed by atoms with van der Waals surface area (Å²) in [6, 6.07) is 20.6. The second-order valence-corrected chi connectivity index (χ2v) is 10.6. The van der Waals surface area contributed by atoms with Crippen LogP contribution in [-0.4, -0.2) is 29.2 Å². The molecule has 9 heteroatoms. The number of halogens is 1. The molecular weight excluding hydrogens is 541 g/mol. The number of aromatic nitrogens is 2. The van der Waals surface area contributed by atoms with Crippen molar-refractivity contribution in [2.24, 2.45) is 4.99 Å². The number of carbonyl (C=O) groups is 1. The van der Waals surface area contributed by atoms with Crippen molar-refractivity contribution in [1.82, 2.24) is 9.55 Å². The summed E-state index contributed by atoms with van der Waals surface area (Å²) in [6.45, 7) is 3.61. The summed E-state index contributed by atoms with van der Waals surface area (Å²) in [5.41, 5.74) is 4.52. The maximum absolute atomic E-state index is 14.1. The van der Waals surface area contributed by atoms with E-state index in [0.29, 0.717) is 26.3 Å². The number of thiazole rings is 1. The molecule has 0 saturated carbocycles. The van der Waals surface area contributed by atoms with Crippen LogP contribution in [0.25, 0.3) is 28.2 Å². The number of hydrogen-bond donors (Lipinski definition) is 1. The largest absolute Gasteiger partial charge is 0.497 e. The molecule has 41 heavy (non-hydrogen) atoms. The van der Waals surface area contributed by atoms with E-state index < -0.39 is 17.8 Å². The van der Waals surface area contributed by atoms with Gasteiger partial charge in [-0.2, -0.15) is 0 Å². The highest BCUT2D eigenvalue weighted by molar-refractivity contribution is 7.07. The second-order valence-electron chi connectivity index (χ2n) is 9.55. The third-order valence-electron chi connectivity index (χ3n) is 7.09. The number of nitrogens with zero attached hydrogens (tertiary/aromatic N) is 2. The third kappa shape index (κ3) is 4.68. The van der Waals surface area contributed by atoms with Crippen molar-refractivity contribution in [2.75, 3.05) is 13.7 Å². The molecule has 3 heterocycles. The second kappa shape index (κ2) is 10.7. The van der Waals surface area contributed by atoms with Crippen LogP contribution in [0.1, 0.15) is 31.0 Å². The third-order valence-corrected chi connectivity index (χ3v) is 8.07. The number of aromatic amines is 1. The van der Waals surface area contributed by atoms with Gasteiger partial charge < -0.3 is 14.5 Å². The van der Waals surface area contributed by atoms with E-state index in [9.17, 15) is 14.0 Å².